The Hall–Kier alpha value is -1.93. The van der Waals surface area contributed by atoms with Gasteiger partial charge in [-0.25, -0.2) is 0 Å². The van der Waals surface area contributed by atoms with Gasteiger partial charge in [0.05, 0.1) is 0 Å². The molecule has 0 aliphatic carbocycles. The van der Waals surface area contributed by atoms with Crippen LogP contribution in [-0.4, -0.2) is 5.75 Å². The lowest BCUT2D eigenvalue weighted by atomic mass is 9.99. The molecule has 2 aromatic carbocycles. The number of aryl methyl sites for hydroxylation is 1. The average Bonchev–Trinajstić information content (AvgIpc) is 2.59. The first-order chi connectivity index (χ1) is 12.0. The summed E-state index contributed by atoms with van der Waals surface area (Å²) in [5, 5.41) is 3.46. The highest BCUT2D eigenvalue weighted by molar-refractivity contribution is 7.99. The summed E-state index contributed by atoms with van der Waals surface area (Å²) < 4.78 is 0. The maximum absolute atomic E-state index is 4.20. The molecule has 2 rings (SSSR count). The molecule has 0 unspecified atom stereocenters. The third-order valence-electron chi connectivity index (χ3n) is 4.26. The van der Waals surface area contributed by atoms with Crippen molar-refractivity contribution in [1.29, 1.82) is 0 Å². The van der Waals surface area contributed by atoms with Gasteiger partial charge in [-0.05, 0) is 66.5 Å². The minimum Gasteiger partial charge on any atom is -0.359 e. The molecule has 0 heterocycles. The number of hydrogen-bond donors (Lipinski definition) is 1. The normalized spacial score (nSPS) is 10.5. The molecule has 0 amide bonds. The predicted molar refractivity (Wildman–Crippen MR) is 114 cm³/mol. The van der Waals surface area contributed by atoms with Gasteiger partial charge in [0.25, 0.3) is 0 Å². The van der Waals surface area contributed by atoms with Gasteiger partial charge in [0, 0.05) is 22.7 Å². The average molecular weight is 352 g/mol. The molecule has 0 radical (unpaired) electrons. The third kappa shape index (κ3) is 6.13. The van der Waals surface area contributed by atoms with Crippen molar-refractivity contribution in [3.8, 4) is 0 Å². The zero-order valence-electron chi connectivity index (χ0n) is 15.7. The molecule has 0 saturated heterocycles. The minimum atomic E-state index is 0.835. The lowest BCUT2D eigenvalue weighted by Gasteiger charge is -2.14. The van der Waals surface area contributed by atoms with Crippen LogP contribution in [0.25, 0.3) is 0 Å². The van der Waals surface area contributed by atoms with Crippen molar-refractivity contribution in [3.05, 3.63) is 83.6 Å². The van der Waals surface area contributed by atoms with Crippen molar-refractivity contribution in [1.82, 2.24) is 0 Å². The van der Waals surface area contributed by atoms with E-state index in [1.54, 1.807) is 0 Å². The van der Waals surface area contributed by atoms with E-state index in [2.05, 4.69) is 81.7 Å². The number of rotatable bonds is 9. The first-order valence-electron chi connectivity index (χ1n) is 8.94. The van der Waals surface area contributed by atoms with Crippen LogP contribution in [0.2, 0.25) is 0 Å². The summed E-state index contributed by atoms with van der Waals surface area (Å²) in [7, 11) is 0. The smallest absolute Gasteiger partial charge is 0.0384 e. The summed E-state index contributed by atoms with van der Waals surface area (Å²) in [5.74, 6) is 1.10. The van der Waals surface area contributed by atoms with Crippen LogP contribution in [0.4, 0.5) is 5.69 Å². The molecule has 0 bridgehead atoms. The number of allylic oxidation sites excluding steroid dienone is 2. The SMILES string of the molecule is C=C(CC)Cc1cc(NC(=C)Cc2ccc(SCC)cc2)ccc1C. The van der Waals surface area contributed by atoms with Gasteiger partial charge in [-0.3, -0.25) is 0 Å². The highest BCUT2D eigenvalue weighted by Gasteiger charge is 2.04. The molecule has 0 aromatic heterocycles. The summed E-state index contributed by atoms with van der Waals surface area (Å²) in [6.07, 6.45) is 2.80. The number of benzene rings is 2. The summed E-state index contributed by atoms with van der Waals surface area (Å²) >= 11 is 1.87. The zero-order chi connectivity index (χ0) is 18.2. The zero-order valence-corrected chi connectivity index (χ0v) is 16.5. The Morgan fingerprint density at radius 3 is 2.36 bits per heavy atom. The van der Waals surface area contributed by atoms with Crippen LogP contribution in [-0.2, 0) is 12.8 Å². The van der Waals surface area contributed by atoms with Gasteiger partial charge in [0.2, 0.25) is 0 Å². The van der Waals surface area contributed by atoms with Gasteiger partial charge in [-0.15, -0.1) is 11.8 Å². The van der Waals surface area contributed by atoms with Crippen molar-refractivity contribution in [2.24, 2.45) is 0 Å². The molecule has 0 aliphatic heterocycles. The molecule has 0 aliphatic rings. The Balaban J connectivity index is 2.00. The fourth-order valence-corrected chi connectivity index (χ4v) is 3.36. The van der Waals surface area contributed by atoms with Crippen LogP contribution in [0.15, 0.2) is 71.8 Å². The van der Waals surface area contributed by atoms with Crippen LogP contribution in [0, 0.1) is 6.92 Å². The monoisotopic (exact) mass is 351 g/mol. The van der Waals surface area contributed by atoms with Gasteiger partial charge in [0.15, 0.2) is 0 Å². The summed E-state index contributed by atoms with van der Waals surface area (Å²) in [6.45, 7) is 14.8. The van der Waals surface area contributed by atoms with Crippen LogP contribution in [0.3, 0.4) is 0 Å². The fourth-order valence-electron chi connectivity index (χ4n) is 2.70. The molecular formula is C23H29NS. The highest BCUT2D eigenvalue weighted by Crippen LogP contribution is 2.22. The molecule has 2 aromatic rings. The second-order valence-corrected chi connectivity index (χ2v) is 7.74. The van der Waals surface area contributed by atoms with E-state index in [-0.39, 0.29) is 0 Å². The number of anilines is 1. The van der Waals surface area contributed by atoms with Gasteiger partial charge < -0.3 is 5.32 Å². The molecule has 0 saturated carbocycles. The van der Waals surface area contributed by atoms with Crippen molar-refractivity contribution < 1.29 is 0 Å². The molecule has 132 valence electrons. The lowest BCUT2D eigenvalue weighted by Crippen LogP contribution is -2.03. The fraction of sp³-hybridized carbons (Fsp3) is 0.304. The van der Waals surface area contributed by atoms with Crippen molar-refractivity contribution in [2.75, 3.05) is 11.1 Å². The van der Waals surface area contributed by atoms with Crippen LogP contribution < -0.4 is 5.32 Å². The first kappa shape index (κ1) is 19.4. The summed E-state index contributed by atoms with van der Waals surface area (Å²) in [6, 6.07) is 15.3. The molecule has 0 fully saturated rings. The summed E-state index contributed by atoms with van der Waals surface area (Å²) in [5.41, 5.74) is 7.32. The number of thioether (sulfide) groups is 1. The third-order valence-corrected chi connectivity index (χ3v) is 5.16. The largest absolute Gasteiger partial charge is 0.359 e. The van der Waals surface area contributed by atoms with Crippen molar-refractivity contribution in [3.63, 3.8) is 0 Å². The quantitative estimate of drug-likeness (QED) is 0.394. The lowest BCUT2D eigenvalue weighted by molar-refractivity contribution is 1.00. The second kappa shape index (κ2) is 9.53. The van der Waals surface area contributed by atoms with Gasteiger partial charge in [0.1, 0.15) is 0 Å². The van der Waals surface area contributed by atoms with E-state index >= 15 is 0 Å². The van der Waals surface area contributed by atoms with Gasteiger partial charge in [-0.2, -0.15) is 0 Å². The number of nitrogens with one attached hydrogen (secondary N) is 1. The standard InChI is InChI=1S/C23H29NS/c1-6-17(3)14-21-16-22(11-8-18(21)4)24-19(5)15-20-9-12-23(13-10-20)25-7-2/h8-13,16,24H,3,5-7,14-15H2,1-2,4H3. The number of hydrogen-bond acceptors (Lipinski definition) is 2. The maximum atomic E-state index is 4.20. The Bertz CT molecular complexity index is 728. The molecule has 0 atom stereocenters. The Kier molecular flexibility index (Phi) is 7.39. The van der Waals surface area contributed by atoms with Crippen LogP contribution in [0.1, 0.15) is 37.0 Å². The van der Waals surface area contributed by atoms with E-state index < -0.39 is 0 Å². The molecule has 0 spiro atoms. The Labute approximate surface area is 157 Å². The topological polar surface area (TPSA) is 12.0 Å². The van der Waals surface area contributed by atoms with Gasteiger partial charge in [-0.1, -0.05) is 50.8 Å². The van der Waals surface area contributed by atoms with E-state index in [1.807, 2.05) is 11.8 Å². The van der Waals surface area contributed by atoms with E-state index in [0.717, 1.165) is 36.4 Å². The van der Waals surface area contributed by atoms with E-state index in [1.165, 1.54) is 27.2 Å². The van der Waals surface area contributed by atoms with Crippen molar-refractivity contribution >= 4 is 17.4 Å². The first-order valence-corrected chi connectivity index (χ1v) is 9.93. The van der Waals surface area contributed by atoms with Crippen LogP contribution >= 0.6 is 11.8 Å². The molecule has 1 N–H and O–H groups in total. The van der Waals surface area contributed by atoms with E-state index in [4.69, 9.17) is 0 Å². The molecule has 25 heavy (non-hydrogen) atoms. The molecular weight excluding hydrogens is 322 g/mol. The van der Waals surface area contributed by atoms with Crippen molar-refractivity contribution in [2.45, 2.75) is 44.9 Å². The van der Waals surface area contributed by atoms with E-state index in [9.17, 15) is 0 Å². The van der Waals surface area contributed by atoms with Gasteiger partial charge >= 0.3 is 0 Å². The Morgan fingerprint density at radius 1 is 1.00 bits per heavy atom. The Morgan fingerprint density at radius 2 is 1.72 bits per heavy atom. The predicted octanol–water partition coefficient (Wildman–Crippen LogP) is 6.78. The maximum Gasteiger partial charge on any atom is 0.0384 e. The minimum absolute atomic E-state index is 0.835. The molecule has 2 heteroatoms. The van der Waals surface area contributed by atoms with Crippen LogP contribution in [0.5, 0.6) is 0 Å². The summed E-state index contributed by atoms with van der Waals surface area (Å²) in [4.78, 5) is 1.32. The van der Waals surface area contributed by atoms with E-state index in [0.29, 0.717) is 0 Å². The highest BCUT2D eigenvalue weighted by atomic mass is 32.2. The molecule has 1 nitrogen and oxygen atoms in total. The second-order valence-electron chi connectivity index (χ2n) is 6.40.